The summed E-state index contributed by atoms with van der Waals surface area (Å²) in [7, 11) is 0. The van der Waals surface area contributed by atoms with E-state index in [0.717, 1.165) is 33.9 Å². The molecule has 0 spiro atoms. The van der Waals surface area contributed by atoms with Gasteiger partial charge in [-0.2, -0.15) is 0 Å². The van der Waals surface area contributed by atoms with Gasteiger partial charge in [0.05, 0.1) is 23.3 Å². The number of benzene rings is 1. The van der Waals surface area contributed by atoms with Gasteiger partial charge in [-0.1, -0.05) is 16.1 Å². The first-order valence-electron chi connectivity index (χ1n) is 6.06. The van der Waals surface area contributed by atoms with Crippen molar-refractivity contribution in [2.24, 2.45) is 0 Å². The lowest BCUT2D eigenvalue weighted by Gasteiger charge is -2.12. The molecule has 4 nitrogen and oxygen atoms in total. The minimum atomic E-state index is -0.619. The van der Waals surface area contributed by atoms with Gasteiger partial charge in [-0.15, -0.1) is 5.10 Å². The van der Waals surface area contributed by atoms with Gasteiger partial charge in [0, 0.05) is 17.9 Å². The van der Waals surface area contributed by atoms with E-state index in [4.69, 9.17) is 16.3 Å². The molecular weight excluding hydrogens is 284 g/mol. The van der Waals surface area contributed by atoms with E-state index in [2.05, 4.69) is 9.59 Å². The number of aromatic nitrogens is 2. The van der Waals surface area contributed by atoms with Crippen molar-refractivity contribution in [2.45, 2.75) is 25.9 Å². The van der Waals surface area contributed by atoms with E-state index < -0.39 is 6.10 Å². The summed E-state index contributed by atoms with van der Waals surface area (Å²) in [6, 6.07) is 3.79. The molecule has 1 atom stereocenters. The van der Waals surface area contributed by atoms with Crippen molar-refractivity contribution in [2.75, 3.05) is 6.61 Å². The molecule has 0 aliphatic carbocycles. The van der Waals surface area contributed by atoms with Crippen LogP contribution in [-0.4, -0.2) is 21.3 Å². The van der Waals surface area contributed by atoms with Crippen molar-refractivity contribution < 1.29 is 9.84 Å². The SMILES string of the molecule is Cc1nnsc1C(O)Cc1cc(Cl)cc2c1OCC2. The molecule has 100 valence electrons. The van der Waals surface area contributed by atoms with E-state index in [0.29, 0.717) is 18.1 Å². The average Bonchev–Trinajstić information content (AvgIpc) is 2.97. The molecule has 0 amide bonds. The molecule has 1 N–H and O–H groups in total. The van der Waals surface area contributed by atoms with Crippen LogP contribution in [0.5, 0.6) is 5.75 Å². The number of halogens is 1. The summed E-state index contributed by atoms with van der Waals surface area (Å²) in [5, 5.41) is 14.9. The van der Waals surface area contributed by atoms with Crippen LogP contribution in [0.2, 0.25) is 5.02 Å². The summed E-state index contributed by atoms with van der Waals surface area (Å²) < 4.78 is 9.48. The van der Waals surface area contributed by atoms with Crippen LogP contribution in [0.15, 0.2) is 12.1 Å². The predicted molar refractivity (Wildman–Crippen MR) is 74.0 cm³/mol. The second-order valence-corrected chi connectivity index (χ2v) is 5.82. The van der Waals surface area contributed by atoms with Crippen LogP contribution in [0, 0.1) is 6.92 Å². The fourth-order valence-corrected chi connectivity index (χ4v) is 3.23. The van der Waals surface area contributed by atoms with Gasteiger partial charge in [0.1, 0.15) is 5.75 Å². The molecule has 1 unspecified atom stereocenters. The standard InChI is InChI=1S/C13H13ClN2O2S/c1-7-13(19-16-15-7)11(17)6-9-5-10(14)4-8-2-3-18-12(8)9/h4-5,11,17H,2-3,6H2,1H3. The number of nitrogens with zero attached hydrogens (tertiary/aromatic N) is 2. The molecule has 0 bridgehead atoms. The minimum Gasteiger partial charge on any atom is -0.493 e. The number of rotatable bonds is 3. The Bertz CT molecular complexity index is 615. The zero-order chi connectivity index (χ0) is 13.4. The van der Waals surface area contributed by atoms with E-state index >= 15 is 0 Å². The van der Waals surface area contributed by atoms with Gasteiger partial charge in [0.15, 0.2) is 0 Å². The highest BCUT2D eigenvalue weighted by Gasteiger charge is 2.22. The number of fused-ring (bicyclic) bond motifs is 1. The third-order valence-electron chi connectivity index (χ3n) is 3.23. The summed E-state index contributed by atoms with van der Waals surface area (Å²) in [6.45, 7) is 2.53. The highest BCUT2D eigenvalue weighted by molar-refractivity contribution is 7.05. The Morgan fingerprint density at radius 2 is 2.37 bits per heavy atom. The largest absolute Gasteiger partial charge is 0.493 e. The van der Waals surface area contributed by atoms with Gasteiger partial charge < -0.3 is 9.84 Å². The van der Waals surface area contributed by atoms with E-state index in [-0.39, 0.29) is 0 Å². The number of aliphatic hydroxyl groups excluding tert-OH is 1. The van der Waals surface area contributed by atoms with Crippen LogP contribution in [0.1, 0.15) is 27.8 Å². The number of aliphatic hydroxyl groups is 1. The zero-order valence-corrected chi connectivity index (χ0v) is 12.0. The van der Waals surface area contributed by atoms with E-state index in [1.165, 1.54) is 11.5 Å². The Labute approximate surface area is 120 Å². The maximum absolute atomic E-state index is 10.3. The molecule has 0 radical (unpaired) electrons. The van der Waals surface area contributed by atoms with Crippen molar-refractivity contribution in [3.05, 3.63) is 38.9 Å². The molecule has 6 heteroatoms. The molecule has 0 saturated carbocycles. The number of ether oxygens (including phenoxy) is 1. The third kappa shape index (κ3) is 2.45. The normalized spacial score (nSPS) is 15.1. The molecule has 1 aromatic heterocycles. The van der Waals surface area contributed by atoms with Gasteiger partial charge in [-0.3, -0.25) is 0 Å². The molecule has 19 heavy (non-hydrogen) atoms. The topological polar surface area (TPSA) is 55.2 Å². The van der Waals surface area contributed by atoms with Crippen molar-refractivity contribution in [1.82, 2.24) is 9.59 Å². The van der Waals surface area contributed by atoms with Crippen molar-refractivity contribution >= 4 is 23.1 Å². The van der Waals surface area contributed by atoms with Gasteiger partial charge in [-0.25, -0.2) is 0 Å². The first kappa shape index (κ1) is 12.8. The third-order valence-corrected chi connectivity index (χ3v) is 4.37. The molecule has 3 rings (SSSR count). The number of aryl methyl sites for hydroxylation is 1. The molecular formula is C13H13ClN2O2S. The summed E-state index contributed by atoms with van der Waals surface area (Å²) in [5.41, 5.74) is 2.84. The maximum atomic E-state index is 10.3. The van der Waals surface area contributed by atoms with Crippen LogP contribution in [0.25, 0.3) is 0 Å². The first-order chi connectivity index (χ1) is 9.15. The van der Waals surface area contributed by atoms with Crippen LogP contribution in [-0.2, 0) is 12.8 Å². The van der Waals surface area contributed by atoms with E-state index in [1.807, 2.05) is 19.1 Å². The molecule has 2 aromatic rings. The Morgan fingerprint density at radius 3 is 3.11 bits per heavy atom. The average molecular weight is 297 g/mol. The fourth-order valence-electron chi connectivity index (χ4n) is 2.34. The fraction of sp³-hybridized carbons (Fsp3) is 0.385. The van der Waals surface area contributed by atoms with Gasteiger partial charge in [0.2, 0.25) is 0 Å². The molecule has 2 heterocycles. The lowest BCUT2D eigenvalue weighted by molar-refractivity contribution is 0.180. The van der Waals surface area contributed by atoms with Gasteiger partial charge >= 0.3 is 0 Å². The first-order valence-corrected chi connectivity index (χ1v) is 7.21. The Kier molecular flexibility index (Phi) is 3.43. The maximum Gasteiger partial charge on any atom is 0.126 e. The summed E-state index contributed by atoms with van der Waals surface area (Å²) in [4.78, 5) is 0.798. The monoisotopic (exact) mass is 296 g/mol. The van der Waals surface area contributed by atoms with Gasteiger partial charge in [-0.05, 0) is 41.7 Å². The van der Waals surface area contributed by atoms with Crippen molar-refractivity contribution in [3.8, 4) is 5.75 Å². The molecule has 1 aliphatic heterocycles. The highest BCUT2D eigenvalue weighted by atomic mass is 35.5. The van der Waals surface area contributed by atoms with Crippen LogP contribution in [0.3, 0.4) is 0 Å². The molecule has 0 saturated heterocycles. The Morgan fingerprint density at radius 1 is 1.53 bits per heavy atom. The summed E-state index contributed by atoms with van der Waals surface area (Å²) in [6.07, 6.45) is 0.722. The summed E-state index contributed by atoms with van der Waals surface area (Å²) >= 11 is 7.34. The second kappa shape index (κ2) is 5.07. The van der Waals surface area contributed by atoms with Gasteiger partial charge in [0.25, 0.3) is 0 Å². The van der Waals surface area contributed by atoms with E-state index in [1.54, 1.807) is 0 Å². The Balaban J connectivity index is 1.90. The van der Waals surface area contributed by atoms with Crippen molar-refractivity contribution in [3.63, 3.8) is 0 Å². The molecule has 0 fully saturated rings. The second-order valence-electron chi connectivity index (χ2n) is 4.59. The van der Waals surface area contributed by atoms with Crippen LogP contribution in [0.4, 0.5) is 0 Å². The number of hydrogen-bond donors (Lipinski definition) is 1. The van der Waals surface area contributed by atoms with Crippen molar-refractivity contribution in [1.29, 1.82) is 0 Å². The smallest absolute Gasteiger partial charge is 0.126 e. The molecule has 1 aliphatic rings. The zero-order valence-electron chi connectivity index (χ0n) is 10.4. The van der Waals surface area contributed by atoms with Crippen LogP contribution < -0.4 is 4.74 Å². The lowest BCUT2D eigenvalue weighted by atomic mass is 10.0. The van der Waals surface area contributed by atoms with E-state index in [9.17, 15) is 5.11 Å². The quantitative estimate of drug-likeness (QED) is 0.946. The predicted octanol–water partition coefficient (Wildman–Crippen LogP) is 2.71. The minimum absolute atomic E-state index is 0.466. The van der Waals surface area contributed by atoms with Crippen LogP contribution >= 0.6 is 23.1 Å². The highest BCUT2D eigenvalue weighted by Crippen LogP contribution is 2.35. The Hall–Kier alpha value is -1.17. The lowest BCUT2D eigenvalue weighted by Crippen LogP contribution is -2.03. The number of hydrogen-bond acceptors (Lipinski definition) is 5. The molecule has 1 aromatic carbocycles. The summed E-state index contributed by atoms with van der Waals surface area (Å²) in [5.74, 6) is 0.874.